The monoisotopic (exact) mass is 390 g/mol. The maximum Gasteiger partial charge on any atom is 0.285 e. The van der Waals surface area contributed by atoms with Crippen molar-refractivity contribution in [2.45, 2.75) is 84.1 Å². The number of allylic oxidation sites excluding steroid dienone is 1. The van der Waals surface area contributed by atoms with Crippen LogP contribution in [0.25, 0.3) is 0 Å². The van der Waals surface area contributed by atoms with Crippen molar-refractivity contribution in [3.05, 3.63) is 12.2 Å². The van der Waals surface area contributed by atoms with Gasteiger partial charge in [0.1, 0.15) is 0 Å². The Morgan fingerprint density at radius 1 is 0.870 bits per heavy atom. The second-order valence-electron chi connectivity index (χ2n) is 8.50. The van der Waals surface area contributed by atoms with Crippen LogP contribution in [0.3, 0.4) is 0 Å². The Morgan fingerprint density at radius 3 is 1.96 bits per heavy atom. The molecule has 0 saturated carbocycles. The van der Waals surface area contributed by atoms with Gasteiger partial charge in [-0.1, -0.05) is 25.0 Å². The lowest BCUT2D eigenvalue weighted by atomic mass is 10.2. The number of hydrogen-bond donors (Lipinski definition) is 0. The van der Waals surface area contributed by atoms with Gasteiger partial charge in [-0.3, -0.25) is 0 Å². The van der Waals surface area contributed by atoms with Crippen LogP contribution in [-0.4, -0.2) is 39.3 Å². The fraction of sp³-hybridized carbons (Fsp3) is 0.875. The quantitative estimate of drug-likeness (QED) is 0.250. The topological polar surface area (TPSA) is 35.5 Å². The van der Waals surface area contributed by atoms with Crippen molar-refractivity contribution < 1.29 is 13.0 Å². The first-order valence-corrected chi connectivity index (χ1v) is 21.2. The predicted molar refractivity (Wildman–Crippen MR) is 110 cm³/mol. The molecule has 0 radical (unpaired) electrons. The van der Waals surface area contributed by atoms with E-state index in [9.17, 15) is 4.46 Å². The molecule has 0 aliphatic carbocycles. The van der Waals surface area contributed by atoms with Crippen molar-refractivity contribution in [2.24, 2.45) is 0 Å². The van der Waals surface area contributed by atoms with Crippen LogP contribution >= 0.6 is 0 Å². The van der Waals surface area contributed by atoms with Gasteiger partial charge >= 0.3 is 0 Å². The highest BCUT2D eigenvalue weighted by atomic mass is 29.2. The van der Waals surface area contributed by atoms with E-state index >= 15 is 0 Å². The zero-order chi connectivity index (χ0) is 18.1. The standard InChI is InChI=1S/C16H38O3Si4/c1-20(17)23(8,19-22(5,6)7)16-14-12-10-9-11-13-15-18-21(2,3)4/h11,13H,9-10,12,14-16H2,1-8H3. The lowest BCUT2D eigenvalue weighted by molar-refractivity contribution is 0.357. The molecule has 7 heteroatoms. The molecule has 0 N–H and O–H groups in total. The number of unbranched alkanes of at least 4 members (excludes halogenated alkanes) is 3. The summed E-state index contributed by atoms with van der Waals surface area (Å²) in [6, 6.07) is 1.05. The molecule has 3 nitrogen and oxygen atoms in total. The maximum absolute atomic E-state index is 12.2. The fourth-order valence-corrected chi connectivity index (χ4v) is 16.3. The minimum Gasteiger partial charge on any atom is -0.453 e. The highest BCUT2D eigenvalue weighted by Gasteiger charge is 2.39. The Kier molecular flexibility index (Phi) is 10.5. The van der Waals surface area contributed by atoms with Crippen LogP contribution in [0.15, 0.2) is 12.2 Å². The van der Waals surface area contributed by atoms with E-state index in [4.69, 9.17) is 8.54 Å². The van der Waals surface area contributed by atoms with Crippen LogP contribution in [0, 0.1) is 0 Å². The van der Waals surface area contributed by atoms with Crippen molar-refractivity contribution >= 4 is 32.7 Å². The Bertz CT molecular complexity index is 386. The largest absolute Gasteiger partial charge is 0.453 e. The summed E-state index contributed by atoms with van der Waals surface area (Å²) < 4.78 is 24.3. The average molecular weight is 391 g/mol. The van der Waals surface area contributed by atoms with E-state index in [0.29, 0.717) is 0 Å². The first kappa shape index (κ1) is 23.3. The van der Waals surface area contributed by atoms with Crippen molar-refractivity contribution in [1.29, 1.82) is 0 Å². The summed E-state index contributed by atoms with van der Waals surface area (Å²) in [5.41, 5.74) is 0. The van der Waals surface area contributed by atoms with E-state index < -0.39 is 32.7 Å². The summed E-state index contributed by atoms with van der Waals surface area (Å²) in [5, 5.41) is 0. The molecular formula is C16H38O3Si4. The molecule has 0 rings (SSSR count). The SMILES string of the molecule is C[Si](=O)[Si](C)(CCCCCC=CCO[Si](C)(C)C)O[Si](C)(C)C. The Hall–Kier alpha value is 0.328. The summed E-state index contributed by atoms with van der Waals surface area (Å²) in [6.45, 7) is 18.1. The summed E-state index contributed by atoms with van der Waals surface area (Å²) in [6.07, 6.45) is 9.05. The third-order valence-corrected chi connectivity index (χ3v) is 17.8. The van der Waals surface area contributed by atoms with Gasteiger partial charge in [0.05, 0.1) is 6.61 Å². The van der Waals surface area contributed by atoms with E-state index in [1.807, 2.05) is 6.55 Å². The van der Waals surface area contributed by atoms with Crippen LogP contribution in [0.5, 0.6) is 0 Å². The molecule has 0 heterocycles. The van der Waals surface area contributed by atoms with Crippen LogP contribution in [0.1, 0.15) is 25.7 Å². The average Bonchev–Trinajstić information content (AvgIpc) is 2.33. The van der Waals surface area contributed by atoms with Crippen LogP contribution in [-0.2, 0) is 13.0 Å². The smallest absolute Gasteiger partial charge is 0.285 e. The molecule has 0 aliphatic rings. The lowest BCUT2D eigenvalue weighted by Gasteiger charge is -2.32. The van der Waals surface area contributed by atoms with E-state index in [0.717, 1.165) is 25.5 Å². The van der Waals surface area contributed by atoms with Crippen molar-refractivity contribution in [2.75, 3.05) is 6.61 Å². The molecule has 0 amide bonds. The molecule has 0 spiro atoms. The van der Waals surface area contributed by atoms with Gasteiger partial charge in [-0.2, -0.15) is 0 Å². The van der Waals surface area contributed by atoms with Gasteiger partial charge in [-0.25, -0.2) is 0 Å². The molecule has 0 bridgehead atoms. The van der Waals surface area contributed by atoms with Crippen molar-refractivity contribution in [3.8, 4) is 0 Å². The molecule has 0 aliphatic heterocycles. The van der Waals surface area contributed by atoms with Crippen LogP contribution < -0.4 is 0 Å². The molecule has 0 aromatic rings. The molecule has 0 saturated heterocycles. The summed E-state index contributed by atoms with van der Waals surface area (Å²) >= 11 is 0. The first-order valence-electron chi connectivity index (χ1n) is 8.86. The molecule has 0 fully saturated rings. The Morgan fingerprint density at radius 2 is 1.48 bits per heavy atom. The molecular weight excluding hydrogens is 353 g/mol. The normalized spacial score (nSPS) is 15.8. The molecule has 0 aromatic heterocycles. The maximum atomic E-state index is 12.2. The summed E-state index contributed by atoms with van der Waals surface area (Å²) in [4.78, 5) is 0. The van der Waals surface area contributed by atoms with E-state index in [1.54, 1.807) is 0 Å². The van der Waals surface area contributed by atoms with Gasteiger partial charge in [0.25, 0.3) is 8.20 Å². The molecule has 136 valence electrons. The zero-order valence-electron chi connectivity index (χ0n) is 16.6. The lowest BCUT2D eigenvalue weighted by Crippen LogP contribution is -2.51. The first-order chi connectivity index (χ1) is 10.4. The second-order valence-corrected chi connectivity index (χ2v) is 27.4. The van der Waals surface area contributed by atoms with Gasteiger partial charge in [0.15, 0.2) is 16.6 Å². The number of rotatable bonds is 12. The molecule has 0 aromatic carbocycles. The highest BCUT2D eigenvalue weighted by molar-refractivity contribution is 7.25. The Labute approximate surface area is 148 Å². The van der Waals surface area contributed by atoms with Gasteiger partial charge in [0, 0.05) is 0 Å². The van der Waals surface area contributed by atoms with E-state index in [2.05, 4.69) is 58.0 Å². The van der Waals surface area contributed by atoms with Crippen molar-refractivity contribution in [1.82, 2.24) is 0 Å². The van der Waals surface area contributed by atoms with Crippen molar-refractivity contribution in [3.63, 3.8) is 0 Å². The molecule has 1 unspecified atom stereocenters. The molecule has 23 heavy (non-hydrogen) atoms. The van der Waals surface area contributed by atoms with Crippen LogP contribution in [0.4, 0.5) is 0 Å². The summed E-state index contributed by atoms with van der Waals surface area (Å²) in [7, 11) is -6.51. The Balaban J connectivity index is 3.96. The van der Waals surface area contributed by atoms with Crippen LogP contribution in [0.2, 0.25) is 58.4 Å². The zero-order valence-corrected chi connectivity index (χ0v) is 20.6. The van der Waals surface area contributed by atoms with Gasteiger partial charge in [-0.15, -0.1) is 0 Å². The highest BCUT2D eigenvalue weighted by Crippen LogP contribution is 2.22. The number of hydrogen-bond acceptors (Lipinski definition) is 3. The third-order valence-electron chi connectivity index (χ3n) is 3.58. The van der Waals surface area contributed by atoms with E-state index in [1.165, 1.54) is 12.8 Å². The molecule has 1 atom stereocenters. The minimum atomic E-state index is -1.99. The second kappa shape index (κ2) is 10.3. The summed E-state index contributed by atoms with van der Waals surface area (Å²) in [5.74, 6) is 0. The van der Waals surface area contributed by atoms with Gasteiger partial charge in [0.2, 0.25) is 7.83 Å². The van der Waals surface area contributed by atoms with Gasteiger partial charge < -0.3 is 13.0 Å². The fourth-order valence-electron chi connectivity index (χ4n) is 2.36. The van der Waals surface area contributed by atoms with E-state index in [-0.39, 0.29) is 0 Å². The predicted octanol–water partition coefficient (Wildman–Crippen LogP) is 5.51. The third kappa shape index (κ3) is 13.3. The van der Waals surface area contributed by atoms with Gasteiger partial charge in [-0.05, 0) is 71.3 Å². The minimum absolute atomic E-state index is 0.753.